The van der Waals surface area contributed by atoms with Crippen LogP contribution in [0.4, 0.5) is 0 Å². The van der Waals surface area contributed by atoms with Gasteiger partial charge in [-0.15, -0.1) is 0 Å². The fourth-order valence-electron chi connectivity index (χ4n) is 2.86. The fraction of sp³-hybridized carbons (Fsp3) is 0.600. The summed E-state index contributed by atoms with van der Waals surface area (Å²) in [4.78, 5) is 34.1. The Kier molecular flexibility index (Phi) is 3.98. The average molecular weight is 291 g/mol. The van der Waals surface area contributed by atoms with E-state index >= 15 is 0 Å². The SMILES string of the molecule is Cc1ncc(C(=O)N2CCC(C(=O)O)(C(C)C)C2)c(C)n1. The second-order valence-electron chi connectivity index (χ2n) is 6.01. The molecule has 2 heterocycles. The molecule has 1 atom stereocenters. The molecule has 114 valence electrons. The Balaban J connectivity index is 2.25. The standard InChI is InChI=1S/C15H21N3O3/c1-9(2)15(14(20)21)5-6-18(8-15)13(19)12-7-16-11(4)17-10(12)3/h7,9H,5-6,8H2,1-4H3,(H,20,21). The molecule has 0 saturated carbocycles. The van der Waals surface area contributed by atoms with E-state index < -0.39 is 11.4 Å². The van der Waals surface area contributed by atoms with Gasteiger partial charge in [0.05, 0.1) is 16.7 Å². The lowest BCUT2D eigenvalue weighted by Gasteiger charge is -2.28. The van der Waals surface area contributed by atoms with Gasteiger partial charge in [-0.2, -0.15) is 0 Å². The molecule has 0 spiro atoms. The second-order valence-corrected chi connectivity index (χ2v) is 6.01. The van der Waals surface area contributed by atoms with E-state index in [0.717, 1.165) is 0 Å². The number of aromatic nitrogens is 2. The number of carboxylic acids is 1. The highest BCUT2D eigenvalue weighted by atomic mass is 16.4. The Morgan fingerprint density at radius 2 is 2.05 bits per heavy atom. The maximum atomic E-state index is 12.6. The van der Waals surface area contributed by atoms with Gasteiger partial charge in [0.2, 0.25) is 0 Å². The number of carbonyl (C=O) groups excluding carboxylic acids is 1. The summed E-state index contributed by atoms with van der Waals surface area (Å²) in [5, 5.41) is 9.53. The summed E-state index contributed by atoms with van der Waals surface area (Å²) >= 11 is 0. The van der Waals surface area contributed by atoms with Crippen molar-refractivity contribution >= 4 is 11.9 Å². The van der Waals surface area contributed by atoms with Crippen LogP contribution in [-0.2, 0) is 4.79 Å². The van der Waals surface area contributed by atoms with E-state index in [4.69, 9.17) is 0 Å². The molecule has 2 rings (SSSR count). The van der Waals surface area contributed by atoms with E-state index in [9.17, 15) is 14.7 Å². The summed E-state index contributed by atoms with van der Waals surface area (Å²) in [7, 11) is 0. The summed E-state index contributed by atoms with van der Waals surface area (Å²) in [5.74, 6) is -0.420. The van der Waals surface area contributed by atoms with Gasteiger partial charge in [-0.05, 0) is 26.2 Å². The summed E-state index contributed by atoms with van der Waals surface area (Å²) < 4.78 is 0. The minimum absolute atomic E-state index is 0.0248. The van der Waals surface area contributed by atoms with Gasteiger partial charge in [-0.25, -0.2) is 9.97 Å². The predicted molar refractivity (Wildman–Crippen MR) is 76.9 cm³/mol. The van der Waals surface area contributed by atoms with Gasteiger partial charge in [0.1, 0.15) is 5.82 Å². The van der Waals surface area contributed by atoms with Crippen LogP contribution >= 0.6 is 0 Å². The summed E-state index contributed by atoms with van der Waals surface area (Å²) in [6, 6.07) is 0. The van der Waals surface area contributed by atoms with Crippen molar-refractivity contribution in [3.63, 3.8) is 0 Å². The maximum absolute atomic E-state index is 12.6. The summed E-state index contributed by atoms with van der Waals surface area (Å²) in [5.41, 5.74) is 0.227. The average Bonchev–Trinajstić information content (AvgIpc) is 2.84. The number of carboxylic acid groups (broad SMARTS) is 1. The zero-order valence-electron chi connectivity index (χ0n) is 12.9. The van der Waals surface area contributed by atoms with E-state index in [1.807, 2.05) is 13.8 Å². The third-order valence-electron chi connectivity index (χ3n) is 4.45. The molecular formula is C15H21N3O3. The predicted octanol–water partition coefficient (Wildman–Crippen LogP) is 1.67. The zero-order valence-corrected chi connectivity index (χ0v) is 12.9. The molecular weight excluding hydrogens is 270 g/mol. The zero-order chi connectivity index (χ0) is 15.8. The van der Waals surface area contributed by atoms with Crippen molar-refractivity contribution in [2.75, 3.05) is 13.1 Å². The van der Waals surface area contributed by atoms with Gasteiger partial charge >= 0.3 is 5.97 Å². The molecule has 1 aromatic rings. The highest BCUT2D eigenvalue weighted by molar-refractivity contribution is 5.95. The van der Waals surface area contributed by atoms with Crippen molar-refractivity contribution in [1.82, 2.24) is 14.9 Å². The van der Waals surface area contributed by atoms with Crippen LogP contribution in [0.3, 0.4) is 0 Å². The lowest BCUT2D eigenvalue weighted by Crippen LogP contribution is -2.40. The molecule has 0 radical (unpaired) electrons. The molecule has 1 aliphatic heterocycles. The maximum Gasteiger partial charge on any atom is 0.311 e. The Labute approximate surface area is 124 Å². The minimum Gasteiger partial charge on any atom is -0.481 e. The van der Waals surface area contributed by atoms with Gasteiger partial charge in [0, 0.05) is 19.3 Å². The van der Waals surface area contributed by atoms with Crippen LogP contribution in [0.1, 0.15) is 42.1 Å². The molecule has 1 N–H and O–H groups in total. The lowest BCUT2D eigenvalue weighted by molar-refractivity contribution is -0.150. The molecule has 1 saturated heterocycles. The number of nitrogens with zero attached hydrogens (tertiary/aromatic N) is 3. The topological polar surface area (TPSA) is 83.4 Å². The molecule has 21 heavy (non-hydrogen) atoms. The van der Waals surface area contributed by atoms with Crippen LogP contribution < -0.4 is 0 Å². The van der Waals surface area contributed by atoms with E-state index in [0.29, 0.717) is 30.0 Å². The summed E-state index contributed by atoms with van der Waals surface area (Å²) in [6.07, 6.45) is 2.01. The molecule has 0 bridgehead atoms. The number of rotatable bonds is 3. The number of amides is 1. The molecule has 6 nitrogen and oxygen atoms in total. The lowest BCUT2D eigenvalue weighted by atomic mass is 9.76. The summed E-state index contributed by atoms with van der Waals surface area (Å²) in [6.45, 7) is 8.02. The van der Waals surface area contributed by atoms with Gasteiger partial charge < -0.3 is 10.0 Å². The van der Waals surface area contributed by atoms with Gasteiger partial charge in [-0.1, -0.05) is 13.8 Å². The first-order valence-corrected chi connectivity index (χ1v) is 7.11. The molecule has 1 fully saturated rings. The largest absolute Gasteiger partial charge is 0.481 e. The first kappa shape index (κ1) is 15.4. The number of aryl methyl sites for hydroxylation is 2. The Morgan fingerprint density at radius 3 is 2.52 bits per heavy atom. The van der Waals surface area contributed by atoms with Crippen molar-refractivity contribution in [3.05, 3.63) is 23.3 Å². The first-order chi connectivity index (χ1) is 9.78. The van der Waals surface area contributed by atoms with Crippen molar-refractivity contribution < 1.29 is 14.7 Å². The van der Waals surface area contributed by atoms with Crippen molar-refractivity contribution in [1.29, 1.82) is 0 Å². The Morgan fingerprint density at radius 1 is 1.38 bits per heavy atom. The van der Waals surface area contributed by atoms with Crippen LogP contribution in [0.25, 0.3) is 0 Å². The quantitative estimate of drug-likeness (QED) is 0.915. The number of hydrogen-bond acceptors (Lipinski definition) is 4. The normalized spacial score (nSPS) is 21.9. The molecule has 1 amide bonds. The highest BCUT2D eigenvalue weighted by Crippen LogP contribution is 2.38. The van der Waals surface area contributed by atoms with Crippen molar-refractivity contribution in [2.24, 2.45) is 11.3 Å². The van der Waals surface area contributed by atoms with E-state index in [1.54, 1.807) is 18.7 Å². The van der Waals surface area contributed by atoms with Gasteiger partial charge in [0.25, 0.3) is 5.91 Å². The number of aliphatic carboxylic acids is 1. The van der Waals surface area contributed by atoms with Gasteiger partial charge in [0.15, 0.2) is 0 Å². The molecule has 0 aliphatic carbocycles. The Hall–Kier alpha value is -1.98. The van der Waals surface area contributed by atoms with Crippen molar-refractivity contribution in [3.8, 4) is 0 Å². The van der Waals surface area contributed by atoms with Crippen LogP contribution in [0, 0.1) is 25.2 Å². The monoisotopic (exact) mass is 291 g/mol. The van der Waals surface area contributed by atoms with Crippen LogP contribution in [-0.4, -0.2) is 44.9 Å². The third-order valence-corrected chi connectivity index (χ3v) is 4.45. The number of likely N-dealkylation sites (tertiary alicyclic amines) is 1. The number of hydrogen-bond donors (Lipinski definition) is 1. The van der Waals surface area contributed by atoms with Crippen molar-refractivity contribution in [2.45, 2.75) is 34.1 Å². The highest BCUT2D eigenvalue weighted by Gasteiger charge is 2.48. The molecule has 6 heteroatoms. The van der Waals surface area contributed by atoms with E-state index in [2.05, 4.69) is 9.97 Å². The first-order valence-electron chi connectivity index (χ1n) is 7.11. The fourth-order valence-corrected chi connectivity index (χ4v) is 2.86. The van der Waals surface area contributed by atoms with E-state index in [1.165, 1.54) is 6.20 Å². The molecule has 1 unspecified atom stereocenters. The molecule has 1 aliphatic rings. The Bertz CT molecular complexity index is 586. The molecule has 1 aromatic heterocycles. The van der Waals surface area contributed by atoms with Gasteiger partial charge in [-0.3, -0.25) is 9.59 Å². The second kappa shape index (κ2) is 5.42. The van der Waals surface area contributed by atoms with Crippen LogP contribution in [0.2, 0.25) is 0 Å². The molecule has 0 aromatic carbocycles. The third kappa shape index (κ3) is 2.62. The minimum atomic E-state index is -0.852. The van der Waals surface area contributed by atoms with Crippen LogP contribution in [0.5, 0.6) is 0 Å². The number of carbonyl (C=O) groups is 2. The smallest absolute Gasteiger partial charge is 0.311 e. The van der Waals surface area contributed by atoms with Crippen LogP contribution in [0.15, 0.2) is 6.20 Å². The van der Waals surface area contributed by atoms with E-state index in [-0.39, 0.29) is 18.4 Å².